The molecular formula is C39H24N2OS. The molecule has 0 radical (unpaired) electrons. The maximum absolute atomic E-state index is 6.30. The van der Waals surface area contributed by atoms with Gasteiger partial charge in [-0.2, -0.15) is 0 Å². The van der Waals surface area contributed by atoms with Crippen LogP contribution in [0.5, 0.6) is 0 Å². The molecule has 3 heterocycles. The lowest BCUT2D eigenvalue weighted by Gasteiger charge is -2.25. The monoisotopic (exact) mass is 568 g/mol. The van der Waals surface area contributed by atoms with Gasteiger partial charge in [0.05, 0.1) is 11.1 Å². The second kappa shape index (κ2) is 9.55. The summed E-state index contributed by atoms with van der Waals surface area (Å²) in [7, 11) is 0. The van der Waals surface area contributed by atoms with Gasteiger partial charge in [-0.3, -0.25) is 4.90 Å². The molecule has 202 valence electrons. The summed E-state index contributed by atoms with van der Waals surface area (Å²) in [6.45, 7) is 0. The van der Waals surface area contributed by atoms with Gasteiger partial charge in [-0.05, 0) is 64.4 Å². The van der Waals surface area contributed by atoms with Crippen LogP contribution < -0.4 is 4.90 Å². The topological polar surface area (TPSA) is 29.3 Å². The third-order valence-electron chi connectivity index (χ3n) is 8.30. The van der Waals surface area contributed by atoms with Crippen molar-refractivity contribution in [1.82, 2.24) is 4.98 Å². The molecule has 6 aromatic carbocycles. The molecule has 0 N–H and O–H groups in total. The van der Waals surface area contributed by atoms with Crippen molar-refractivity contribution in [3.8, 4) is 11.1 Å². The summed E-state index contributed by atoms with van der Waals surface area (Å²) in [6.07, 6.45) is 0. The van der Waals surface area contributed by atoms with Crippen molar-refractivity contribution in [2.75, 3.05) is 4.90 Å². The van der Waals surface area contributed by atoms with Crippen LogP contribution in [0.4, 0.5) is 17.2 Å². The van der Waals surface area contributed by atoms with Gasteiger partial charge in [-0.25, -0.2) is 4.98 Å². The van der Waals surface area contributed by atoms with Crippen molar-refractivity contribution in [3.05, 3.63) is 146 Å². The number of aromatic nitrogens is 1. The molecule has 0 aliphatic carbocycles. The van der Waals surface area contributed by atoms with E-state index in [0.29, 0.717) is 0 Å². The van der Waals surface area contributed by atoms with Gasteiger partial charge in [0.1, 0.15) is 21.8 Å². The maximum atomic E-state index is 6.30. The van der Waals surface area contributed by atoms with Crippen molar-refractivity contribution in [3.63, 3.8) is 0 Å². The smallest absolute Gasteiger partial charge is 0.139 e. The first kappa shape index (κ1) is 24.2. The molecule has 9 rings (SSSR count). The number of anilines is 3. The van der Waals surface area contributed by atoms with Gasteiger partial charge in [-0.1, -0.05) is 103 Å². The van der Waals surface area contributed by atoms with Crippen molar-refractivity contribution >= 4 is 81.5 Å². The molecule has 0 spiro atoms. The predicted molar refractivity (Wildman–Crippen MR) is 182 cm³/mol. The van der Waals surface area contributed by atoms with E-state index in [0.717, 1.165) is 44.0 Å². The lowest BCUT2D eigenvalue weighted by Crippen LogP contribution is -2.11. The number of hydrogen-bond acceptors (Lipinski definition) is 4. The number of nitrogens with zero attached hydrogens (tertiary/aromatic N) is 2. The molecular weight excluding hydrogens is 545 g/mol. The summed E-state index contributed by atoms with van der Waals surface area (Å²) in [4.78, 5) is 8.63. The van der Waals surface area contributed by atoms with E-state index in [1.807, 2.05) is 24.3 Å². The summed E-state index contributed by atoms with van der Waals surface area (Å²) >= 11 is 1.76. The third-order valence-corrected chi connectivity index (χ3v) is 9.45. The van der Waals surface area contributed by atoms with Crippen LogP contribution in [0, 0.1) is 0 Å². The van der Waals surface area contributed by atoms with Crippen LogP contribution in [0.2, 0.25) is 0 Å². The van der Waals surface area contributed by atoms with Crippen molar-refractivity contribution < 1.29 is 4.42 Å². The molecule has 0 saturated carbocycles. The standard InChI is InChI=1S/C39H24N2OS/c1-2-9-25(10-3-1)26-17-20-28(21-18-26)41(33-14-8-16-35-37(33)32-13-6-7-15-34(32)42-35)36-24-23-31-30-22-19-27-11-4-5-12-29(27)38(30)43-39(31)40-36/h1-24H. The molecule has 0 fully saturated rings. The molecule has 0 aliphatic rings. The molecule has 3 aromatic heterocycles. The fourth-order valence-corrected chi connectivity index (χ4v) is 7.47. The highest BCUT2D eigenvalue weighted by Crippen LogP contribution is 2.44. The Hall–Kier alpha value is -5.45. The van der Waals surface area contributed by atoms with Gasteiger partial charge >= 0.3 is 0 Å². The summed E-state index contributed by atoms with van der Waals surface area (Å²) in [6, 6.07) is 51.2. The van der Waals surface area contributed by atoms with Crippen molar-refractivity contribution in [1.29, 1.82) is 0 Å². The first-order valence-electron chi connectivity index (χ1n) is 14.4. The van der Waals surface area contributed by atoms with Gasteiger partial charge in [0.2, 0.25) is 0 Å². The Morgan fingerprint density at radius 2 is 1.23 bits per heavy atom. The normalized spacial score (nSPS) is 11.7. The van der Waals surface area contributed by atoms with E-state index in [1.54, 1.807) is 11.3 Å². The third kappa shape index (κ3) is 3.84. The number of benzene rings is 6. The van der Waals surface area contributed by atoms with Crippen molar-refractivity contribution in [2.45, 2.75) is 0 Å². The Bertz CT molecular complexity index is 2460. The minimum atomic E-state index is 0.860. The largest absolute Gasteiger partial charge is 0.456 e. The number of fused-ring (bicyclic) bond motifs is 8. The van der Waals surface area contributed by atoms with E-state index >= 15 is 0 Å². The summed E-state index contributed by atoms with van der Waals surface area (Å²) in [5.74, 6) is 0.869. The van der Waals surface area contributed by atoms with Gasteiger partial charge in [-0.15, -0.1) is 11.3 Å². The van der Waals surface area contributed by atoms with Crippen LogP contribution in [0.25, 0.3) is 64.1 Å². The lowest BCUT2D eigenvalue weighted by atomic mass is 10.0. The second-order valence-electron chi connectivity index (χ2n) is 10.8. The molecule has 0 aliphatic heterocycles. The second-order valence-corrected chi connectivity index (χ2v) is 11.8. The van der Waals surface area contributed by atoms with Crippen molar-refractivity contribution in [2.24, 2.45) is 0 Å². The van der Waals surface area contributed by atoms with Crippen LogP contribution in [-0.2, 0) is 0 Å². The van der Waals surface area contributed by atoms with Gasteiger partial charge in [0.25, 0.3) is 0 Å². The number of rotatable bonds is 4. The highest BCUT2D eigenvalue weighted by atomic mass is 32.1. The van der Waals surface area contributed by atoms with Crippen LogP contribution in [0.15, 0.2) is 150 Å². The highest BCUT2D eigenvalue weighted by molar-refractivity contribution is 7.26. The van der Waals surface area contributed by atoms with E-state index in [4.69, 9.17) is 9.40 Å². The fraction of sp³-hybridized carbons (Fsp3) is 0. The SMILES string of the molecule is c1ccc(-c2ccc(N(c3ccc4c(n3)sc3c5ccccc5ccc43)c3cccc4oc5ccccc5c34)cc2)cc1. The minimum Gasteiger partial charge on any atom is -0.456 e. The zero-order valence-corrected chi connectivity index (χ0v) is 23.9. The fourth-order valence-electron chi connectivity index (χ4n) is 6.27. The van der Waals surface area contributed by atoms with Crippen LogP contribution >= 0.6 is 11.3 Å². The van der Waals surface area contributed by atoms with E-state index in [9.17, 15) is 0 Å². The Balaban J connectivity index is 1.28. The number of furan rings is 1. The van der Waals surface area contributed by atoms with Crippen LogP contribution in [0.1, 0.15) is 0 Å². The first-order valence-corrected chi connectivity index (χ1v) is 15.2. The van der Waals surface area contributed by atoms with E-state index in [2.05, 4.69) is 126 Å². The molecule has 0 atom stereocenters. The summed E-state index contributed by atoms with van der Waals surface area (Å²) < 4.78 is 7.58. The Morgan fingerprint density at radius 3 is 2.12 bits per heavy atom. The van der Waals surface area contributed by atoms with E-state index in [-0.39, 0.29) is 0 Å². The average Bonchev–Trinajstić information content (AvgIpc) is 3.64. The van der Waals surface area contributed by atoms with E-state index < -0.39 is 0 Å². The molecule has 4 heteroatoms. The predicted octanol–water partition coefficient (Wildman–Crippen LogP) is 11.6. The maximum Gasteiger partial charge on any atom is 0.139 e. The number of thiophene rings is 1. The number of para-hydroxylation sites is 1. The molecule has 0 bridgehead atoms. The zero-order valence-electron chi connectivity index (χ0n) is 23.1. The lowest BCUT2D eigenvalue weighted by molar-refractivity contribution is 0.669. The van der Waals surface area contributed by atoms with Crippen LogP contribution in [0.3, 0.4) is 0 Å². The average molecular weight is 569 g/mol. The van der Waals surface area contributed by atoms with E-state index in [1.165, 1.54) is 37.4 Å². The summed E-state index contributed by atoms with van der Waals surface area (Å²) in [5.41, 5.74) is 6.18. The minimum absolute atomic E-state index is 0.860. The molecule has 43 heavy (non-hydrogen) atoms. The molecule has 9 aromatic rings. The van der Waals surface area contributed by atoms with Gasteiger partial charge in [0, 0.05) is 26.5 Å². The Morgan fingerprint density at radius 1 is 0.512 bits per heavy atom. The van der Waals surface area contributed by atoms with Gasteiger partial charge in [0.15, 0.2) is 0 Å². The zero-order chi connectivity index (χ0) is 28.3. The van der Waals surface area contributed by atoms with Crippen LogP contribution in [-0.4, -0.2) is 4.98 Å². The number of hydrogen-bond donors (Lipinski definition) is 0. The summed E-state index contributed by atoms with van der Waals surface area (Å²) in [5, 5.41) is 7.12. The highest BCUT2D eigenvalue weighted by Gasteiger charge is 2.21. The Labute approximate surface area is 251 Å². The molecule has 0 amide bonds. The first-order chi connectivity index (χ1) is 21.3. The quantitative estimate of drug-likeness (QED) is 0.211. The molecule has 0 saturated heterocycles. The Kier molecular flexibility index (Phi) is 5.37. The molecule has 3 nitrogen and oxygen atoms in total. The molecule has 0 unspecified atom stereocenters. The number of pyridine rings is 1. The van der Waals surface area contributed by atoms with Gasteiger partial charge < -0.3 is 4.42 Å².